The van der Waals surface area contributed by atoms with E-state index < -0.39 is 15.6 Å². The van der Waals surface area contributed by atoms with E-state index in [9.17, 15) is 8.42 Å². The van der Waals surface area contributed by atoms with Crippen molar-refractivity contribution in [2.45, 2.75) is 50.4 Å². The third-order valence-electron chi connectivity index (χ3n) is 5.54. The van der Waals surface area contributed by atoms with Gasteiger partial charge in [-0.1, -0.05) is 43.9 Å². The summed E-state index contributed by atoms with van der Waals surface area (Å²) < 4.78 is 27.9. The molecule has 2 aromatic heterocycles. The Labute approximate surface area is 241 Å². The molecule has 0 fully saturated rings. The van der Waals surface area contributed by atoms with Crippen molar-refractivity contribution in [3.05, 3.63) is 100 Å². The predicted molar refractivity (Wildman–Crippen MR) is 168 cm³/mol. The lowest BCUT2D eigenvalue weighted by molar-refractivity contribution is 0.496. The standard InChI is InChI=1S/C21H26N4O2S3.C8H13N/c1-4-25(30(26,27)20-9-6-12-28-20)17-8-5-7-16(21(2,22)13-17)10-11-19-24-15-18(29-19)14-23-3;1-4-7-9-8(5-2)6-3/h5-13,15,23H,4,14,22H2,1-3H3;4-5,7H,2,6H2,1,3H3/b11-10+;7-4-,9-8?. The largest absolute Gasteiger partial charge is 0.318 e. The molecule has 0 saturated heterocycles. The molecule has 10 heteroatoms. The molecule has 2 heterocycles. The van der Waals surface area contributed by atoms with E-state index in [0.717, 1.165) is 34.1 Å². The van der Waals surface area contributed by atoms with Gasteiger partial charge in [0.2, 0.25) is 0 Å². The molecule has 39 heavy (non-hydrogen) atoms. The number of nitrogens with zero attached hydrogens (tertiary/aromatic N) is 3. The quantitative estimate of drug-likeness (QED) is 0.301. The number of sulfonamides is 1. The van der Waals surface area contributed by atoms with Crippen LogP contribution >= 0.6 is 22.7 Å². The third-order valence-corrected chi connectivity index (χ3v) is 9.78. The van der Waals surface area contributed by atoms with E-state index >= 15 is 0 Å². The van der Waals surface area contributed by atoms with Crippen molar-refractivity contribution >= 4 is 44.5 Å². The highest BCUT2D eigenvalue weighted by molar-refractivity contribution is 7.91. The van der Waals surface area contributed by atoms with E-state index in [2.05, 4.69) is 28.8 Å². The monoisotopic (exact) mass is 585 g/mol. The summed E-state index contributed by atoms with van der Waals surface area (Å²) in [6, 6.07) is 3.36. The molecule has 0 amide bonds. The summed E-state index contributed by atoms with van der Waals surface area (Å²) in [7, 11) is -1.73. The number of allylic oxidation sites excluding steroid dienone is 5. The average molecular weight is 586 g/mol. The number of aromatic nitrogens is 1. The van der Waals surface area contributed by atoms with Gasteiger partial charge in [0.15, 0.2) is 0 Å². The molecule has 1 atom stereocenters. The van der Waals surface area contributed by atoms with Crippen LogP contribution in [0, 0.1) is 0 Å². The summed E-state index contributed by atoms with van der Waals surface area (Å²) in [4.78, 5) is 9.66. The van der Waals surface area contributed by atoms with E-state index in [0.29, 0.717) is 16.5 Å². The molecule has 210 valence electrons. The van der Waals surface area contributed by atoms with Gasteiger partial charge in [-0.15, -0.1) is 22.7 Å². The summed E-state index contributed by atoms with van der Waals surface area (Å²) >= 11 is 2.82. The average Bonchev–Trinajstić information content (AvgIpc) is 3.58. The Bertz CT molecular complexity index is 1360. The first kappa shape index (κ1) is 32.3. The summed E-state index contributed by atoms with van der Waals surface area (Å²) in [5, 5.41) is 5.77. The van der Waals surface area contributed by atoms with Crippen LogP contribution in [0.4, 0.5) is 0 Å². The SMILES string of the molecule is C=CC(CC)=N/C=C\C.CCN(C1=CC(C)(N)C(/C=C/c2ncc(CNC)s2)=CC=C1)S(=O)(=O)c1cccs1. The van der Waals surface area contributed by atoms with Gasteiger partial charge in [-0.3, -0.25) is 9.30 Å². The van der Waals surface area contributed by atoms with Crippen LogP contribution in [-0.2, 0) is 16.6 Å². The molecular weight excluding hydrogens is 547 g/mol. The van der Waals surface area contributed by atoms with Crippen molar-refractivity contribution in [3.8, 4) is 0 Å². The maximum atomic E-state index is 13.1. The second-order valence-corrected chi connectivity index (χ2v) is 12.8. The smallest absolute Gasteiger partial charge is 0.273 e. The lowest BCUT2D eigenvalue weighted by atomic mass is 9.92. The van der Waals surface area contributed by atoms with Crippen LogP contribution in [0.15, 0.2) is 99.5 Å². The van der Waals surface area contributed by atoms with Crippen LogP contribution in [0.5, 0.6) is 0 Å². The minimum Gasteiger partial charge on any atom is -0.318 e. The van der Waals surface area contributed by atoms with E-state index in [-0.39, 0.29) is 0 Å². The second kappa shape index (κ2) is 15.6. The molecule has 3 N–H and O–H groups in total. The van der Waals surface area contributed by atoms with E-state index in [1.54, 1.807) is 53.3 Å². The Kier molecular flexibility index (Phi) is 13.0. The molecule has 7 nitrogen and oxygen atoms in total. The van der Waals surface area contributed by atoms with Crippen molar-refractivity contribution < 1.29 is 8.42 Å². The zero-order valence-corrected chi connectivity index (χ0v) is 25.7. The Morgan fingerprint density at radius 1 is 1.33 bits per heavy atom. The zero-order valence-electron chi connectivity index (χ0n) is 23.3. The Hall–Kier alpha value is -2.89. The summed E-state index contributed by atoms with van der Waals surface area (Å²) in [6.45, 7) is 12.4. The van der Waals surface area contributed by atoms with E-state index in [1.165, 1.54) is 15.6 Å². The van der Waals surface area contributed by atoms with Crippen LogP contribution in [0.3, 0.4) is 0 Å². The summed E-state index contributed by atoms with van der Waals surface area (Å²) in [5.74, 6) is 0. The van der Waals surface area contributed by atoms with Gasteiger partial charge in [0.1, 0.15) is 9.22 Å². The maximum Gasteiger partial charge on any atom is 0.273 e. The highest BCUT2D eigenvalue weighted by atomic mass is 32.2. The van der Waals surface area contributed by atoms with Gasteiger partial charge in [0.25, 0.3) is 10.0 Å². The van der Waals surface area contributed by atoms with Gasteiger partial charge >= 0.3 is 0 Å². The Morgan fingerprint density at radius 3 is 2.69 bits per heavy atom. The minimum absolute atomic E-state index is 0.311. The fourth-order valence-corrected chi connectivity index (χ4v) is 6.95. The lowest BCUT2D eigenvalue weighted by Gasteiger charge is -2.27. The molecule has 0 spiro atoms. The van der Waals surface area contributed by atoms with Gasteiger partial charge in [-0.2, -0.15) is 0 Å². The van der Waals surface area contributed by atoms with Gasteiger partial charge in [-0.05, 0) is 75.6 Å². The van der Waals surface area contributed by atoms with Gasteiger partial charge < -0.3 is 11.1 Å². The topological polar surface area (TPSA) is 101 Å². The molecule has 2 aromatic rings. The third kappa shape index (κ3) is 9.36. The zero-order chi connectivity index (χ0) is 28.9. The molecule has 1 aliphatic carbocycles. The number of hydrogen-bond donors (Lipinski definition) is 2. The predicted octanol–water partition coefficient (Wildman–Crippen LogP) is 6.30. The van der Waals surface area contributed by atoms with Crippen molar-refractivity contribution in [1.82, 2.24) is 14.6 Å². The first-order valence-corrected chi connectivity index (χ1v) is 15.8. The number of likely N-dealkylation sites (N-methyl/N-ethyl adjacent to an activating group) is 1. The van der Waals surface area contributed by atoms with Gasteiger partial charge in [-0.25, -0.2) is 13.4 Å². The number of thiophene rings is 1. The lowest BCUT2D eigenvalue weighted by Crippen LogP contribution is -2.38. The molecule has 0 aromatic carbocycles. The molecule has 0 saturated carbocycles. The molecule has 0 aliphatic heterocycles. The molecular formula is C29H39N5O2S3. The van der Waals surface area contributed by atoms with Crippen LogP contribution in [0.1, 0.15) is 44.0 Å². The minimum atomic E-state index is -3.63. The first-order valence-electron chi connectivity index (χ1n) is 12.7. The van der Waals surface area contributed by atoms with Crippen molar-refractivity contribution in [1.29, 1.82) is 0 Å². The molecule has 0 bridgehead atoms. The first-order chi connectivity index (χ1) is 18.6. The van der Waals surface area contributed by atoms with Crippen LogP contribution in [0.2, 0.25) is 0 Å². The van der Waals surface area contributed by atoms with Crippen LogP contribution in [-0.4, -0.2) is 42.6 Å². The molecule has 0 radical (unpaired) electrons. The molecule has 1 unspecified atom stereocenters. The van der Waals surface area contributed by atoms with Crippen molar-refractivity contribution in [3.63, 3.8) is 0 Å². The number of thiazole rings is 1. The number of aliphatic imine (C=N–C) groups is 1. The highest BCUT2D eigenvalue weighted by Gasteiger charge is 2.29. The van der Waals surface area contributed by atoms with Gasteiger partial charge in [0, 0.05) is 41.8 Å². The number of rotatable bonds is 11. The molecule has 1 aliphatic rings. The number of nitrogens with one attached hydrogen (secondary N) is 1. The number of hydrogen-bond acceptors (Lipinski definition) is 8. The van der Waals surface area contributed by atoms with Crippen molar-refractivity contribution in [2.75, 3.05) is 13.6 Å². The fourth-order valence-electron chi connectivity index (χ4n) is 3.54. The summed E-state index contributed by atoms with van der Waals surface area (Å²) in [6.07, 6.45) is 19.5. The second-order valence-electron chi connectivity index (χ2n) is 8.62. The Morgan fingerprint density at radius 2 is 2.10 bits per heavy atom. The fraction of sp³-hybridized carbons (Fsp3) is 0.310. The van der Waals surface area contributed by atoms with Crippen molar-refractivity contribution in [2.24, 2.45) is 10.7 Å². The van der Waals surface area contributed by atoms with Gasteiger partial charge in [0.05, 0.1) is 5.54 Å². The number of nitrogens with two attached hydrogens (primary N) is 1. The van der Waals surface area contributed by atoms with E-state index in [4.69, 9.17) is 5.73 Å². The van der Waals surface area contributed by atoms with Crippen LogP contribution in [0.25, 0.3) is 6.08 Å². The van der Waals surface area contributed by atoms with Crippen LogP contribution < -0.4 is 11.1 Å². The molecule has 3 rings (SSSR count). The normalized spacial score (nSPS) is 17.9. The Balaban J connectivity index is 0.000000510. The summed E-state index contributed by atoms with van der Waals surface area (Å²) in [5.41, 5.74) is 8.21. The van der Waals surface area contributed by atoms with E-state index in [1.807, 2.05) is 64.4 Å². The maximum absolute atomic E-state index is 13.1. The highest BCUT2D eigenvalue weighted by Crippen LogP contribution is 2.29.